The molecule has 0 unspecified atom stereocenters. The number of aromatic nitrogens is 2. The summed E-state index contributed by atoms with van der Waals surface area (Å²) in [7, 11) is 0. The molecule has 0 aliphatic rings. The lowest BCUT2D eigenvalue weighted by Gasteiger charge is -2.11. The molecule has 0 spiro atoms. The lowest BCUT2D eigenvalue weighted by atomic mass is 10.1. The minimum Gasteiger partial charge on any atom is -0.457 e. The van der Waals surface area contributed by atoms with Crippen LogP contribution < -0.4 is 5.32 Å². The van der Waals surface area contributed by atoms with Gasteiger partial charge in [-0.2, -0.15) is 0 Å². The van der Waals surface area contributed by atoms with Crippen molar-refractivity contribution in [2.45, 2.75) is 6.61 Å². The summed E-state index contributed by atoms with van der Waals surface area (Å²) in [5.41, 5.74) is 2.36. The van der Waals surface area contributed by atoms with Crippen molar-refractivity contribution in [3.63, 3.8) is 0 Å². The molecule has 0 amide bonds. The van der Waals surface area contributed by atoms with Crippen LogP contribution in [0.2, 0.25) is 0 Å². The topological polar surface area (TPSA) is 64.1 Å². The number of nitrogens with one attached hydrogen (secondary N) is 1. The molecule has 0 bridgehead atoms. The number of hydrogen-bond donors (Lipinski definition) is 1. The summed E-state index contributed by atoms with van der Waals surface area (Å²) in [4.78, 5) is 21.2. The Balaban J connectivity index is 1.54. The average molecular weight is 373 g/mol. The van der Waals surface area contributed by atoms with Crippen molar-refractivity contribution in [1.29, 1.82) is 0 Å². The zero-order valence-corrected chi connectivity index (χ0v) is 14.8. The Bertz CT molecular complexity index is 1140. The van der Waals surface area contributed by atoms with E-state index in [4.69, 9.17) is 4.74 Å². The van der Waals surface area contributed by atoms with Crippen LogP contribution >= 0.6 is 0 Å². The van der Waals surface area contributed by atoms with E-state index in [9.17, 15) is 9.18 Å². The van der Waals surface area contributed by atoms with E-state index in [-0.39, 0.29) is 18.0 Å². The quantitative estimate of drug-likeness (QED) is 0.506. The standard InChI is InChI=1S/C22H16FN3O2/c23-17-8-2-9-18(13-17)26-21-19(10-4-12-25-21)22(27)28-14-16-6-1-5-15-7-3-11-24-20(15)16/h1-13H,14H2,(H,25,26). The number of nitrogens with zero attached hydrogens (tertiary/aromatic N) is 2. The maximum absolute atomic E-state index is 13.4. The highest BCUT2D eigenvalue weighted by Gasteiger charge is 2.15. The summed E-state index contributed by atoms with van der Waals surface area (Å²) >= 11 is 0. The summed E-state index contributed by atoms with van der Waals surface area (Å²) < 4.78 is 18.9. The molecule has 0 aliphatic heterocycles. The van der Waals surface area contributed by atoms with Gasteiger partial charge >= 0.3 is 5.97 Å². The molecule has 28 heavy (non-hydrogen) atoms. The first kappa shape index (κ1) is 17.6. The molecule has 4 rings (SSSR count). The first-order chi connectivity index (χ1) is 13.7. The zero-order valence-electron chi connectivity index (χ0n) is 14.8. The van der Waals surface area contributed by atoms with E-state index in [0.29, 0.717) is 11.5 Å². The molecule has 138 valence electrons. The van der Waals surface area contributed by atoms with Gasteiger partial charge in [0.1, 0.15) is 23.8 Å². The first-order valence-electron chi connectivity index (χ1n) is 8.68. The second-order valence-electron chi connectivity index (χ2n) is 6.10. The largest absolute Gasteiger partial charge is 0.457 e. The second kappa shape index (κ2) is 7.84. The van der Waals surface area contributed by atoms with Crippen LogP contribution in [-0.2, 0) is 11.3 Å². The number of halogens is 1. The van der Waals surface area contributed by atoms with Crippen molar-refractivity contribution in [3.8, 4) is 0 Å². The Hall–Kier alpha value is -3.80. The van der Waals surface area contributed by atoms with E-state index in [1.807, 2.05) is 30.3 Å². The normalized spacial score (nSPS) is 10.6. The Morgan fingerprint density at radius 1 is 0.964 bits per heavy atom. The molecule has 2 aromatic carbocycles. The van der Waals surface area contributed by atoms with Gasteiger partial charge < -0.3 is 10.1 Å². The van der Waals surface area contributed by atoms with Gasteiger partial charge in [-0.05, 0) is 36.4 Å². The van der Waals surface area contributed by atoms with Crippen molar-refractivity contribution >= 4 is 28.4 Å². The van der Waals surface area contributed by atoms with Crippen molar-refractivity contribution in [2.24, 2.45) is 0 Å². The van der Waals surface area contributed by atoms with E-state index in [2.05, 4.69) is 15.3 Å². The predicted octanol–water partition coefficient (Wildman–Crippen LogP) is 4.87. The van der Waals surface area contributed by atoms with Gasteiger partial charge in [0.05, 0.1) is 5.52 Å². The molecule has 0 saturated heterocycles. The highest BCUT2D eigenvalue weighted by molar-refractivity contribution is 5.95. The summed E-state index contributed by atoms with van der Waals surface area (Å²) in [5, 5.41) is 3.94. The Morgan fingerprint density at radius 3 is 2.64 bits per heavy atom. The molecule has 5 nitrogen and oxygen atoms in total. The highest BCUT2D eigenvalue weighted by Crippen LogP contribution is 2.21. The summed E-state index contributed by atoms with van der Waals surface area (Å²) in [6.07, 6.45) is 3.25. The third-order valence-electron chi connectivity index (χ3n) is 4.19. The van der Waals surface area contributed by atoms with E-state index in [0.717, 1.165) is 16.5 Å². The highest BCUT2D eigenvalue weighted by atomic mass is 19.1. The summed E-state index contributed by atoms with van der Waals surface area (Å²) in [5.74, 6) is -0.609. The summed E-state index contributed by atoms with van der Waals surface area (Å²) in [6.45, 7) is 0.0848. The maximum atomic E-state index is 13.4. The zero-order chi connectivity index (χ0) is 19.3. The number of fused-ring (bicyclic) bond motifs is 1. The number of carbonyl (C=O) groups is 1. The van der Waals surface area contributed by atoms with Gasteiger partial charge in [0, 0.05) is 29.0 Å². The van der Waals surface area contributed by atoms with E-state index in [1.54, 1.807) is 36.7 Å². The van der Waals surface area contributed by atoms with Gasteiger partial charge in [-0.1, -0.05) is 30.3 Å². The fourth-order valence-corrected chi connectivity index (χ4v) is 2.88. The Kier molecular flexibility index (Phi) is 4.93. The van der Waals surface area contributed by atoms with Crippen LogP contribution in [0.4, 0.5) is 15.9 Å². The van der Waals surface area contributed by atoms with Crippen molar-refractivity contribution in [3.05, 3.63) is 96.1 Å². The molecule has 0 fully saturated rings. The Labute approximate surface area is 160 Å². The number of ether oxygens (including phenoxy) is 1. The number of hydrogen-bond acceptors (Lipinski definition) is 5. The van der Waals surface area contributed by atoms with Crippen molar-refractivity contribution in [2.75, 3.05) is 5.32 Å². The number of pyridine rings is 2. The first-order valence-corrected chi connectivity index (χ1v) is 8.68. The SMILES string of the molecule is O=C(OCc1cccc2cccnc12)c1cccnc1Nc1cccc(F)c1. The number of carbonyl (C=O) groups excluding carboxylic acids is 1. The van der Waals surface area contributed by atoms with Gasteiger partial charge in [-0.3, -0.25) is 4.98 Å². The molecule has 2 aromatic heterocycles. The number of para-hydroxylation sites is 1. The van der Waals surface area contributed by atoms with Crippen LogP contribution in [-0.4, -0.2) is 15.9 Å². The third kappa shape index (κ3) is 3.81. The van der Waals surface area contributed by atoms with Crippen LogP contribution in [0.5, 0.6) is 0 Å². The molecular weight excluding hydrogens is 357 g/mol. The van der Waals surface area contributed by atoms with Gasteiger partial charge in [0.25, 0.3) is 0 Å². The van der Waals surface area contributed by atoms with Crippen LogP contribution in [0.1, 0.15) is 15.9 Å². The van der Waals surface area contributed by atoms with Crippen LogP contribution in [0, 0.1) is 5.82 Å². The summed E-state index contributed by atoms with van der Waals surface area (Å²) in [6, 6.07) is 18.7. The smallest absolute Gasteiger partial charge is 0.342 e. The minimum absolute atomic E-state index is 0.0848. The van der Waals surface area contributed by atoms with Gasteiger partial charge in [0.15, 0.2) is 0 Å². The van der Waals surface area contributed by atoms with Crippen LogP contribution in [0.3, 0.4) is 0 Å². The molecule has 2 heterocycles. The van der Waals surface area contributed by atoms with Gasteiger partial charge in [-0.25, -0.2) is 14.2 Å². The van der Waals surface area contributed by atoms with Gasteiger partial charge in [0.2, 0.25) is 0 Å². The molecule has 0 atom stereocenters. The molecule has 0 aliphatic carbocycles. The molecule has 6 heteroatoms. The van der Waals surface area contributed by atoms with E-state index >= 15 is 0 Å². The molecule has 0 saturated carbocycles. The second-order valence-corrected chi connectivity index (χ2v) is 6.10. The number of anilines is 2. The number of rotatable bonds is 5. The van der Waals surface area contributed by atoms with Crippen molar-refractivity contribution in [1.82, 2.24) is 9.97 Å². The fourth-order valence-electron chi connectivity index (χ4n) is 2.88. The predicted molar refractivity (Wildman–Crippen MR) is 105 cm³/mol. The number of esters is 1. The van der Waals surface area contributed by atoms with Gasteiger partial charge in [-0.15, -0.1) is 0 Å². The number of benzene rings is 2. The van der Waals surface area contributed by atoms with E-state index in [1.165, 1.54) is 12.1 Å². The van der Waals surface area contributed by atoms with Crippen LogP contribution in [0.25, 0.3) is 10.9 Å². The van der Waals surface area contributed by atoms with Crippen molar-refractivity contribution < 1.29 is 13.9 Å². The fraction of sp³-hybridized carbons (Fsp3) is 0.0455. The third-order valence-corrected chi connectivity index (χ3v) is 4.19. The molecule has 0 radical (unpaired) electrons. The lowest BCUT2D eigenvalue weighted by Crippen LogP contribution is -2.09. The average Bonchev–Trinajstić information content (AvgIpc) is 2.72. The Morgan fingerprint density at radius 2 is 1.75 bits per heavy atom. The molecular formula is C22H16FN3O2. The lowest BCUT2D eigenvalue weighted by molar-refractivity contribution is 0.0475. The molecule has 1 N–H and O–H groups in total. The maximum Gasteiger partial charge on any atom is 0.342 e. The minimum atomic E-state index is -0.528. The monoisotopic (exact) mass is 373 g/mol. The van der Waals surface area contributed by atoms with Crippen LogP contribution in [0.15, 0.2) is 79.1 Å². The van der Waals surface area contributed by atoms with E-state index < -0.39 is 5.97 Å². The molecule has 4 aromatic rings.